The van der Waals surface area contributed by atoms with E-state index in [0.717, 1.165) is 16.9 Å². The summed E-state index contributed by atoms with van der Waals surface area (Å²) in [6.07, 6.45) is 3.45. The Kier molecular flexibility index (Phi) is 5.23. The molecule has 7 nitrogen and oxygen atoms in total. The molecule has 0 aliphatic rings. The zero-order valence-electron chi connectivity index (χ0n) is 14.6. The number of hydrogen-bond acceptors (Lipinski definition) is 7. The van der Waals surface area contributed by atoms with Crippen LogP contribution in [0.25, 0.3) is 11.5 Å². The van der Waals surface area contributed by atoms with E-state index in [1.54, 1.807) is 12.4 Å². The average Bonchev–Trinajstić information content (AvgIpc) is 3.11. The Balaban J connectivity index is 1.70. The first kappa shape index (κ1) is 16.9. The van der Waals surface area contributed by atoms with Gasteiger partial charge in [-0.3, -0.25) is 0 Å². The number of ether oxygens (including phenoxy) is 1. The van der Waals surface area contributed by atoms with E-state index < -0.39 is 0 Å². The molecule has 0 amide bonds. The van der Waals surface area contributed by atoms with E-state index in [2.05, 4.69) is 25.4 Å². The number of nitrogens with one attached hydrogen (secondary N) is 1. The molecule has 0 saturated carbocycles. The second-order valence-electron chi connectivity index (χ2n) is 5.83. The minimum absolute atomic E-state index is 0.225. The molecular weight excluding hydrogens is 318 g/mol. The summed E-state index contributed by atoms with van der Waals surface area (Å²) in [5.74, 6) is 2.77. The molecule has 0 aliphatic carbocycles. The van der Waals surface area contributed by atoms with Crippen molar-refractivity contribution in [3.05, 3.63) is 48.0 Å². The first-order valence-electron chi connectivity index (χ1n) is 8.27. The second kappa shape index (κ2) is 7.74. The highest BCUT2D eigenvalue weighted by molar-refractivity contribution is 5.57. The van der Waals surface area contributed by atoms with Gasteiger partial charge in [-0.25, -0.2) is 9.97 Å². The van der Waals surface area contributed by atoms with Gasteiger partial charge < -0.3 is 14.6 Å². The highest BCUT2D eigenvalue weighted by atomic mass is 16.5. The minimum atomic E-state index is 0.225. The summed E-state index contributed by atoms with van der Waals surface area (Å²) in [6, 6.07) is 7.59. The van der Waals surface area contributed by atoms with Crippen LogP contribution in [0, 0.1) is 0 Å². The lowest BCUT2D eigenvalue weighted by molar-refractivity contribution is 0.326. The van der Waals surface area contributed by atoms with Crippen LogP contribution in [0.2, 0.25) is 0 Å². The maximum atomic E-state index is 5.41. The molecule has 0 spiro atoms. The molecule has 0 fully saturated rings. The Morgan fingerprint density at radius 1 is 1.16 bits per heavy atom. The van der Waals surface area contributed by atoms with E-state index >= 15 is 0 Å². The van der Waals surface area contributed by atoms with Gasteiger partial charge in [0.1, 0.15) is 5.82 Å². The van der Waals surface area contributed by atoms with Gasteiger partial charge in [0.15, 0.2) is 5.82 Å². The summed E-state index contributed by atoms with van der Waals surface area (Å²) in [5, 5.41) is 7.28. The van der Waals surface area contributed by atoms with Gasteiger partial charge in [-0.15, -0.1) is 0 Å². The number of pyridine rings is 2. The van der Waals surface area contributed by atoms with Crippen molar-refractivity contribution in [1.29, 1.82) is 0 Å². The van der Waals surface area contributed by atoms with Gasteiger partial charge in [-0.05, 0) is 30.7 Å². The maximum Gasteiger partial charge on any atom is 0.258 e. The Morgan fingerprint density at radius 3 is 2.76 bits per heavy atom. The summed E-state index contributed by atoms with van der Waals surface area (Å²) in [7, 11) is 0. The Bertz CT molecular complexity index is 832. The van der Waals surface area contributed by atoms with Crippen molar-refractivity contribution in [3.8, 4) is 17.3 Å². The molecule has 7 heteroatoms. The molecule has 3 aromatic heterocycles. The third-order valence-electron chi connectivity index (χ3n) is 3.53. The zero-order chi connectivity index (χ0) is 17.6. The molecule has 3 aromatic rings. The predicted molar refractivity (Wildman–Crippen MR) is 94.4 cm³/mol. The molecular formula is C18H21N5O2. The number of aromatic nitrogens is 4. The van der Waals surface area contributed by atoms with Crippen molar-refractivity contribution in [3.63, 3.8) is 0 Å². The highest BCUT2D eigenvalue weighted by Crippen LogP contribution is 2.22. The van der Waals surface area contributed by atoms with Crippen molar-refractivity contribution in [2.75, 3.05) is 11.9 Å². The van der Waals surface area contributed by atoms with Gasteiger partial charge in [0.05, 0.1) is 6.61 Å². The first-order valence-corrected chi connectivity index (χ1v) is 8.27. The molecule has 0 radical (unpaired) electrons. The molecule has 1 N–H and O–H groups in total. The maximum absolute atomic E-state index is 5.41. The normalized spacial score (nSPS) is 10.9. The Morgan fingerprint density at radius 2 is 2.00 bits per heavy atom. The van der Waals surface area contributed by atoms with Gasteiger partial charge in [0.2, 0.25) is 5.88 Å². The summed E-state index contributed by atoms with van der Waals surface area (Å²) in [5.41, 5.74) is 1.90. The van der Waals surface area contributed by atoms with E-state index in [1.807, 2.05) is 45.0 Å². The summed E-state index contributed by atoms with van der Waals surface area (Å²) in [6.45, 7) is 7.19. The van der Waals surface area contributed by atoms with Gasteiger partial charge in [0, 0.05) is 36.5 Å². The second-order valence-corrected chi connectivity index (χ2v) is 5.83. The average molecular weight is 339 g/mol. The quantitative estimate of drug-likeness (QED) is 0.703. The SMILES string of the molecule is CCOc1cc(CNc2cc(-c3nc(C(C)C)no3)ccn2)ccn1. The molecule has 25 heavy (non-hydrogen) atoms. The van der Waals surface area contributed by atoms with Crippen LogP contribution < -0.4 is 10.1 Å². The van der Waals surface area contributed by atoms with Crippen molar-refractivity contribution in [1.82, 2.24) is 20.1 Å². The first-order chi connectivity index (χ1) is 12.2. The van der Waals surface area contributed by atoms with Crippen LogP contribution in [0.15, 0.2) is 41.2 Å². The van der Waals surface area contributed by atoms with Crippen LogP contribution in [-0.2, 0) is 6.54 Å². The standard InChI is InChI=1S/C18H21N5O2/c1-4-24-16-9-13(5-7-20-16)11-21-15-10-14(6-8-19-15)18-22-17(12(2)3)23-25-18/h5-10,12H,4,11H2,1-3H3,(H,19,21). The van der Waals surface area contributed by atoms with E-state index in [9.17, 15) is 0 Å². The van der Waals surface area contributed by atoms with E-state index in [4.69, 9.17) is 9.26 Å². The number of rotatable bonds is 7. The summed E-state index contributed by atoms with van der Waals surface area (Å²) < 4.78 is 10.7. The topological polar surface area (TPSA) is 86.0 Å². The van der Waals surface area contributed by atoms with Crippen LogP contribution in [0.4, 0.5) is 5.82 Å². The van der Waals surface area contributed by atoms with E-state index in [-0.39, 0.29) is 5.92 Å². The molecule has 0 saturated heterocycles. The van der Waals surface area contributed by atoms with Crippen LogP contribution in [0.5, 0.6) is 5.88 Å². The lowest BCUT2D eigenvalue weighted by Crippen LogP contribution is -2.02. The van der Waals surface area contributed by atoms with E-state index in [0.29, 0.717) is 30.7 Å². The number of anilines is 1. The third-order valence-corrected chi connectivity index (χ3v) is 3.53. The smallest absolute Gasteiger partial charge is 0.258 e. The number of nitrogens with zero attached hydrogens (tertiary/aromatic N) is 4. The van der Waals surface area contributed by atoms with Crippen molar-refractivity contribution in [2.45, 2.75) is 33.2 Å². The lowest BCUT2D eigenvalue weighted by Gasteiger charge is -2.08. The molecule has 3 rings (SSSR count). The fourth-order valence-electron chi connectivity index (χ4n) is 2.23. The van der Waals surface area contributed by atoms with Crippen molar-refractivity contribution in [2.24, 2.45) is 0 Å². The van der Waals surface area contributed by atoms with E-state index in [1.165, 1.54) is 0 Å². The fourth-order valence-corrected chi connectivity index (χ4v) is 2.23. The van der Waals surface area contributed by atoms with Gasteiger partial charge in [0.25, 0.3) is 5.89 Å². The summed E-state index contributed by atoms with van der Waals surface area (Å²) in [4.78, 5) is 12.9. The van der Waals surface area contributed by atoms with Gasteiger partial charge >= 0.3 is 0 Å². The Hall–Kier alpha value is -2.96. The minimum Gasteiger partial charge on any atom is -0.478 e. The summed E-state index contributed by atoms with van der Waals surface area (Å²) >= 11 is 0. The number of hydrogen-bond donors (Lipinski definition) is 1. The van der Waals surface area contributed by atoms with Crippen LogP contribution in [0.1, 0.15) is 38.1 Å². The van der Waals surface area contributed by atoms with Crippen molar-refractivity contribution < 1.29 is 9.26 Å². The van der Waals surface area contributed by atoms with Gasteiger partial charge in [-0.2, -0.15) is 4.98 Å². The Labute approximate surface area is 146 Å². The van der Waals surface area contributed by atoms with Crippen LogP contribution in [0.3, 0.4) is 0 Å². The van der Waals surface area contributed by atoms with Gasteiger partial charge in [-0.1, -0.05) is 19.0 Å². The molecule has 130 valence electrons. The third kappa shape index (κ3) is 4.32. The molecule has 0 aliphatic heterocycles. The molecule has 0 aromatic carbocycles. The molecule has 0 bridgehead atoms. The molecule has 3 heterocycles. The highest BCUT2D eigenvalue weighted by Gasteiger charge is 2.12. The molecule has 0 unspecified atom stereocenters. The fraction of sp³-hybridized carbons (Fsp3) is 0.333. The zero-order valence-corrected chi connectivity index (χ0v) is 14.6. The molecule has 0 atom stereocenters. The van der Waals surface area contributed by atoms with Crippen molar-refractivity contribution >= 4 is 5.82 Å². The van der Waals surface area contributed by atoms with Crippen LogP contribution >= 0.6 is 0 Å². The predicted octanol–water partition coefficient (Wildman–Crippen LogP) is 3.66. The monoisotopic (exact) mass is 339 g/mol. The largest absolute Gasteiger partial charge is 0.478 e. The lowest BCUT2D eigenvalue weighted by atomic mass is 10.2. The van der Waals surface area contributed by atoms with Crippen LogP contribution in [-0.4, -0.2) is 26.7 Å².